The predicted molar refractivity (Wildman–Crippen MR) is 99.6 cm³/mol. The van der Waals surface area contributed by atoms with Gasteiger partial charge in [-0.3, -0.25) is 4.79 Å². The summed E-state index contributed by atoms with van der Waals surface area (Å²) in [6.07, 6.45) is 2.65. The Bertz CT molecular complexity index is 913. The van der Waals surface area contributed by atoms with Gasteiger partial charge in [-0.2, -0.15) is 0 Å². The van der Waals surface area contributed by atoms with E-state index in [1.807, 2.05) is 25.1 Å². The molecule has 26 heavy (non-hydrogen) atoms. The Morgan fingerprint density at radius 1 is 1.42 bits per heavy atom. The largest absolute Gasteiger partial charge is 0.467 e. The third-order valence-corrected chi connectivity index (χ3v) is 5.99. The molecule has 0 radical (unpaired) electrons. The van der Waals surface area contributed by atoms with E-state index in [1.54, 1.807) is 4.90 Å². The van der Waals surface area contributed by atoms with E-state index >= 15 is 0 Å². The minimum absolute atomic E-state index is 0.0364. The van der Waals surface area contributed by atoms with E-state index < -0.39 is 5.54 Å². The second-order valence-corrected chi connectivity index (χ2v) is 7.32. The fraction of sp³-hybridized carbons (Fsp3) is 0.429. The summed E-state index contributed by atoms with van der Waals surface area (Å²) in [7, 11) is 1.40. The molecule has 1 amide bonds. The van der Waals surface area contributed by atoms with Crippen molar-refractivity contribution in [3.8, 4) is 0 Å². The van der Waals surface area contributed by atoms with E-state index in [-0.39, 0.29) is 17.8 Å². The summed E-state index contributed by atoms with van der Waals surface area (Å²) in [6.45, 7) is 6.64. The maximum absolute atomic E-state index is 13.1. The van der Waals surface area contributed by atoms with E-state index in [1.165, 1.54) is 7.11 Å². The molecule has 2 aliphatic rings. The van der Waals surface area contributed by atoms with Crippen LogP contribution in [0.15, 0.2) is 36.4 Å². The van der Waals surface area contributed by atoms with Crippen molar-refractivity contribution in [2.24, 2.45) is 5.92 Å². The maximum atomic E-state index is 13.1. The normalized spacial score (nSPS) is 24.5. The highest BCUT2D eigenvalue weighted by atomic mass is 16.5. The number of carbonyl (C=O) groups excluding carboxylic acids is 2. The summed E-state index contributed by atoms with van der Waals surface area (Å²) >= 11 is 0. The summed E-state index contributed by atoms with van der Waals surface area (Å²) in [6, 6.07) is 8.05. The first kappa shape index (κ1) is 16.9. The number of hydrogen-bond acceptors (Lipinski definition) is 3. The predicted octanol–water partition coefficient (Wildman–Crippen LogP) is 3.30. The molecule has 0 bridgehead atoms. The molecule has 136 valence electrons. The summed E-state index contributed by atoms with van der Waals surface area (Å²) in [4.78, 5) is 31.3. The minimum Gasteiger partial charge on any atom is -0.467 e. The van der Waals surface area contributed by atoms with Gasteiger partial charge in [0.25, 0.3) is 0 Å². The molecule has 2 aromatic rings. The number of aromatic nitrogens is 1. The van der Waals surface area contributed by atoms with Crippen molar-refractivity contribution < 1.29 is 14.3 Å². The first-order valence-electron chi connectivity index (χ1n) is 9.19. The van der Waals surface area contributed by atoms with Gasteiger partial charge in [-0.05, 0) is 37.3 Å². The Hall–Kier alpha value is -2.56. The highest BCUT2D eigenvalue weighted by Gasteiger charge is 2.60. The smallest absolute Gasteiger partial charge is 0.338 e. The Kier molecular flexibility index (Phi) is 3.90. The number of esters is 1. The minimum atomic E-state index is -1.04. The fourth-order valence-electron chi connectivity index (χ4n) is 4.65. The summed E-state index contributed by atoms with van der Waals surface area (Å²) in [5, 5.41) is 1.12. The zero-order chi connectivity index (χ0) is 18.5. The van der Waals surface area contributed by atoms with E-state index in [0.717, 1.165) is 40.6 Å². The fourth-order valence-corrected chi connectivity index (χ4v) is 4.65. The number of H-pyrrole nitrogens is 1. The molecule has 2 aliphatic heterocycles. The quantitative estimate of drug-likeness (QED) is 0.678. The van der Waals surface area contributed by atoms with E-state index in [9.17, 15) is 9.59 Å². The van der Waals surface area contributed by atoms with Crippen molar-refractivity contribution in [1.82, 2.24) is 9.88 Å². The van der Waals surface area contributed by atoms with Crippen LogP contribution in [0.4, 0.5) is 0 Å². The van der Waals surface area contributed by atoms with Crippen molar-refractivity contribution in [3.05, 3.63) is 47.7 Å². The SMILES string of the molecule is C=C(CC)C[C@H]1C[C@@]2(C(=O)OC)c3[nH]c4ccccc4c3CCN2C1=O. The van der Waals surface area contributed by atoms with Crippen LogP contribution in [0.25, 0.3) is 10.9 Å². The van der Waals surface area contributed by atoms with Crippen LogP contribution in [-0.4, -0.2) is 35.4 Å². The highest BCUT2D eigenvalue weighted by molar-refractivity contribution is 5.97. The third kappa shape index (κ3) is 2.16. The van der Waals surface area contributed by atoms with Crippen molar-refractivity contribution in [2.75, 3.05) is 13.7 Å². The Balaban J connectivity index is 1.88. The molecular formula is C21H24N2O3. The Labute approximate surface area is 153 Å². The van der Waals surface area contributed by atoms with Gasteiger partial charge in [-0.15, -0.1) is 0 Å². The molecule has 1 aromatic carbocycles. The van der Waals surface area contributed by atoms with Crippen LogP contribution in [0, 0.1) is 5.92 Å². The van der Waals surface area contributed by atoms with Gasteiger partial charge in [0.05, 0.1) is 12.8 Å². The van der Waals surface area contributed by atoms with Gasteiger partial charge in [-0.1, -0.05) is 37.3 Å². The van der Waals surface area contributed by atoms with Crippen LogP contribution in [0.3, 0.4) is 0 Å². The van der Waals surface area contributed by atoms with Gasteiger partial charge in [0, 0.05) is 23.4 Å². The number of para-hydroxylation sites is 1. The lowest BCUT2D eigenvalue weighted by atomic mass is 9.82. The topological polar surface area (TPSA) is 62.4 Å². The lowest BCUT2D eigenvalue weighted by Crippen LogP contribution is -2.53. The summed E-state index contributed by atoms with van der Waals surface area (Å²) < 4.78 is 5.20. The number of ether oxygens (including phenoxy) is 1. The van der Waals surface area contributed by atoms with Crippen LogP contribution < -0.4 is 0 Å². The van der Waals surface area contributed by atoms with Gasteiger partial charge in [-0.25, -0.2) is 4.79 Å². The first-order valence-corrected chi connectivity index (χ1v) is 9.19. The number of methoxy groups -OCH3 is 1. The van der Waals surface area contributed by atoms with Crippen molar-refractivity contribution in [2.45, 2.75) is 38.1 Å². The average molecular weight is 352 g/mol. The molecule has 4 rings (SSSR count). The van der Waals surface area contributed by atoms with E-state index in [4.69, 9.17) is 4.74 Å². The summed E-state index contributed by atoms with van der Waals surface area (Å²) in [5.74, 6) is -0.545. The van der Waals surface area contributed by atoms with Gasteiger partial charge in [0.1, 0.15) is 0 Å². The number of hydrogen-bond donors (Lipinski definition) is 1. The molecule has 2 atom stereocenters. The molecule has 0 unspecified atom stereocenters. The molecule has 5 nitrogen and oxygen atoms in total. The average Bonchev–Trinajstić information content (AvgIpc) is 3.18. The first-order chi connectivity index (χ1) is 12.5. The van der Waals surface area contributed by atoms with Crippen LogP contribution in [0.1, 0.15) is 37.4 Å². The molecule has 0 saturated carbocycles. The van der Waals surface area contributed by atoms with Crippen LogP contribution in [0.2, 0.25) is 0 Å². The van der Waals surface area contributed by atoms with Crippen molar-refractivity contribution in [3.63, 3.8) is 0 Å². The van der Waals surface area contributed by atoms with E-state index in [0.29, 0.717) is 19.4 Å². The van der Waals surface area contributed by atoms with Crippen LogP contribution >= 0.6 is 0 Å². The molecule has 1 aromatic heterocycles. The van der Waals surface area contributed by atoms with E-state index in [2.05, 4.69) is 17.6 Å². The number of amides is 1. The van der Waals surface area contributed by atoms with Crippen LogP contribution in [-0.2, 0) is 26.3 Å². The molecule has 1 saturated heterocycles. The van der Waals surface area contributed by atoms with Gasteiger partial charge in [0.15, 0.2) is 5.54 Å². The number of allylic oxidation sites excluding steroid dienone is 1. The number of fused-ring (bicyclic) bond motifs is 5. The Morgan fingerprint density at radius 3 is 2.92 bits per heavy atom. The second-order valence-electron chi connectivity index (χ2n) is 7.32. The highest BCUT2D eigenvalue weighted by Crippen LogP contribution is 2.49. The van der Waals surface area contributed by atoms with Crippen molar-refractivity contribution >= 4 is 22.8 Å². The molecule has 0 aliphatic carbocycles. The maximum Gasteiger partial charge on any atom is 0.338 e. The lowest BCUT2D eigenvalue weighted by molar-refractivity contribution is -0.159. The zero-order valence-electron chi connectivity index (χ0n) is 15.3. The molecule has 5 heteroatoms. The molecule has 1 fully saturated rings. The number of aromatic amines is 1. The Morgan fingerprint density at radius 2 is 2.19 bits per heavy atom. The molecule has 0 spiro atoms. The molecular weight excluding hydrogens is 328 g/mol. The summed E-state index contributed by atoms with van der Waals surface area (Å²) in [5.41, 5.74) is 2.95. The standard InChI is InChI=1S/C21H24N2O3/c1-4-13(2)11-14-12-21(20(25)26-3)18-16(9-10-23(21)19(14)24)15-7-5-6-8-17(15)22-18/h5-8,14,22H,2,4,9-12H2,1,3H3/t14-,21-/m0/s1. The van der Waals surface area contributed by atoms with Gasteiger partial charge >= 0.3 is 5.97 Å². The number of benzene rings is 1. The molecule has 3 heterocycles. The number of nitrogens with one attached hydrogen (secondary N) is 1. The molecule has 1 N–H and O–H groups in total. The lowest BCUT2D eigenvalue weighted by Gasteiger charge is -2.39. The zero-order valence-corrected chi connectivity index (χ0v) is 15.3. The third-order valence-electron chi connectivity index (χ3n) is 5.99. The van der Waals surface area contributed by atoms with Crippen molar-refractivity contribution in [1.29, 1.82) is 0 Å². The number of rotatable bonds is 4. The second kappa shape index (κ2) is 6.01. The van der Waals surface area contributed by atoms with Gasteiger partial charge < -0.3 is 14.6 Å². The van der Waals surface area contributed by atoms with Crippen LogP contribution in [0.5, 0.6) is 0 Å². The monoisotopic (exact) mass is 352 g/mol. The number of carbonyl (C=O) groups is 2. The van der Waals surface area contributed by atoms with Gasteiger partial charge in [0.2, 0.25) is 5.91 Å². The number of nitrogens with zero attached hydrogens (tertiary/aromatic N) is 1.